The minimum absolute atomic E-state index is 0.0526. The van der Waals surface area contributed by atoms with Gasteiger partial charge >= 0.3 is 12.4 Å². The number of alkyl halides is 6. The van der Waals surface area contributed by atoms with Crippen molar-refractivity contribution < 1.29 is 31.1 Å². The van der Waals surface area contributed by atoms with Crippen LogP contribution in [0.3, 0.4) is 0 Å². The van der Waals surface area contributed by atoms with Crippen LogP contribution >= 0.6 is 0 Å². The summed E-state index contributed by atoms with van der Waals surface area (Å²) in [4.78, 5) is 12.5. The lowest BCUT2D eigenvalue weighted by Crippen LogP contribution is -2.14. The summed E-state index contributed by atoms with van der Waals surface area (Å²) in [7, 11) is 0. The Balaban J connectivity index is 1.94. The zero-order chi connectivity index (χ0) is 23.0. The van der Waals surface area contributed by atoms with Gasteiger partial charge in [-0.1, -0.05) is 24.3 Å². The third-order valence-corrected chi connectivity index (χ3v) is 4.96. The van der Waals surface area contributed by atoms with E-state index in [0.717, 1.165) is 11.1 Å². The van der Waals surface area contributed by atoms with Gasteiger partial charge in [-0.15, -0.1) is 0 Å². The van der Waals surface area contributed by atoms with Gasteiger partial charge in [0.25, 0.3) is 5.91 Å². The molecule has 0 aliphatic carbocycles. The summed E-state index contributed by atoms with van der Waals surface area (Å²) < 4.78 is 79.0. The van der Waals surface area contributed by atoms with Crippen LogP contribution in [0.5, 0.6) is 0 Å². The van der Waals surface area contributed by atoms with E-state index in [1.807, 2.05) is 13.0 Å². The molecule has 0 saturated carbocycles. The first-order valence-electron chi connectivity index (χ1n) is 9.14. The SMILES string of the molecule is Cc1cccc(C(=O)Nc2ccc(-c3cc(C(F)(F)F)ccc3C(F)(F)F)cc2)c1C. The van der Waals surface area contributed by atoms with Crippen LogP contribution in [0.2, 0.25) is 0 Å². The normalized spacial score (nSPS) is 12.0. The topological polar surface area (TPSA) is 29.1 Å². The predicted molar refractivity (Wildman–Crippen MR) is 106 cm³/mol. The molecule has 3 aromatic rings. The fourth-order valence-corrected chi connectivity index (χ4v) is 3.14. The smallest absolute Gasteiger partial charge is 0.322 e. The molecule has 0 spiro atoms. The molecular formula is C23H17F6NO. The number of hydrogen-bond donors (Lipinski definition) is 1. The number of anilines is 1. The van der Waals surface area contributed by atoms with Gasteiger partial charge < -0.3 is 5.32 Å². The van der Waals surface area contributed by atoms with Gasteiger partial charge in [0.15, 0.2) is 0 Å². The van der Waals surface area contributed by atoms with Crippen molar-refractivity contribution in [3.8, 4) is 11.1 Å². The van der Waals surface area contributed by atoms with Gasteiger partial charge in [-0.2, -0.15) is 26.3 Å². The van der Waals surface area contributed by atoms with Crippen LogP contribution in [0.4, 0.5) is 32.0 Å². The predicted octanol–water partition coefficient (Wildman–Crippen LogP) is 7.26. The van der Waals surface area contributed by atoms with Crippen molar-refractivity contribution in [2.45, 2.75) is 26.2 Å². The average Bonchev–Trinajstić information content (AvgIpc) is 2.69. The molecule has 0 saturated heterocycles. The number of amides is 1. The summed E-state index contributed by atoms with van der Waals surface area (Å²) in [6, 6.07) is 11.7. The van der Waals surface area contributed by atoms with Crippen LogP contribution in [0.15, 0.2) is 60.7 Å². The highest BCUT2D eigenvalue weighted by atomic mass is 19.4. The first-order chi connectivity index (χ1) is 14.4. The minimum atomic E-state index is -4.82. The van der Waals surface area contributed by atoms with Crippen molar-refractivity contribution in [3.05, 3.63) is 88.5 Å². The summed E-state index contributed by atoms with van der Waals surface area (Å²) in [5, 5.41) is 2.64. The molecular weight excluding hydrogens is 420 g/mol. The van der Waals surface area contributed by atoms with Crippen molar-refractivity contribution in [1.29, 1.82) is 0 Å². The number of benzene rings is 3. The van der Waals surface area contributed by atoms with E-state index < -0.39 is 35.0 Å². The number of aryl methyl sites for hydroxylation is 1. The van der Waals surface area contributed by atoms with Gasteiger partial charge in [0.05, 0.1) is 11.1 Å². The van der Waals surface area contributed by atoms with E-state index in [0.29, 0.717) is 29.4 Å². The summed E-state index contributed by atoms with van der Waals surface area (Å²) in [5.74, 6) is -0.399. The van der Waals surface area contributed by atoms with Crippen molar-refractivity contribution >= 4 is 11.6 Å². The highest BCUT2D eigenvalue weighted by molar-refractivity contribution is 6.05. The lowest BCUT2D eigenvalue weighted by atomic mass is 9.96. The molecule has 31 heavy (non-hydrogen) atoms. The van der Waals surface area contributed by atoms with Gasteiger partial charge in [0.2, 0.25) is 0 Å². The Hall–Kier alpha value is -3.29. The highest BCUT2D eigenvalue weighted by Gasteiger charge is 2.37. The molecule has 1 N–H and O–H groups in total. The Morgan fingerprint density at radius 3 is 2.03 bits per heavy atom. The van der Waals surface area contributed by atoms with Crippen molar-refractivity contribution in [1.82, 2.24) is 0 Å². The second-order valence-electron chi connectivity index (χ2n) is 7.03. The van der Waals surface area contributed by atoms with Crippen LogP contribution in [-0.4, -0.2) is 5.91 Å². The van der Waals surface area contributed by atoms with E-state index in [2.05, 4.69) is 5.32 Å². The van der Waals surface area contributed by atoms with Gasteiger partial charge in [-0.05, 0) is 72.5 Å². The molecule has 3 aromatic carbocycles. The van der Waals surface area contributed by atoms with E-state index in [-0.39, 0.29) is 5.56 Å². The van der Waals surface area contributed by atoms with E-state index >= 15 is 0 Å². The highest BCUT2D eigenvalue weighted by Crippen LogP contribution is 2.40. The molecule has 1 amide bonds. The van der Waals surface area contributed by atoms with Gasteiger partial charge in [0, 0.05) is 11.3 Å². The van der Waals surface area contributed by atoms with Crippen LogP contribution in [-0.2, 0) is 12.4 Å². The Kier molecular flexibility index (Phi) is 5.85. The molecule has 0 aromatic heterocycles. The maximum absolute atomic E-state index is 13.3. The molecule has 0 aliphatic heterocycles. The van der Waals surface area contributed by atoms with Gasteiger partial charge in [-0.25, -0.2) is 0 Å². The van der Waals surface area contributed by atoms with Gasteiger partial charge in [-0.3, -0.25) is 4.79 Å². The molecule has 2 nitrogen and oxygen atoms in total. The molecule has 3 rings (SSSR count). The Labute approximate surface area is 174 Å². The third-order valence-electron chi connectivity index (χ3n) is 4.96. The summed E-state index contributed by atoms with van der Waals surface area (Å²) in [5.41, 5.74) is -0.535. The summed E-state index contributed by atoms with van der Waals surface area (Å²) >= 11 is 0. The van der Waals surface area contributed by atoms with Crippen LogP contribution in [0.25, 0.3) is 11.1 Å². The van der Waals surface area contributed by atoms with Crippen LogP contribution < -0.4 is 5.32 Å². The van der Waals surface area contributed by atoms with E-state index in [9.17, 15) is 31.1 Å². The number of hydrogen-bond acceptors (Lipinski definition) is 1. The van der Waals surface area contributed by atoms with E-state index in [4.69, 9.17) is 0 Å². The number of rotatable bonds is 3. The van der Waals surface area contributed by atoms with Crippen LogP contribution in [0.1, 0.15) is 32.6 Å². The lowest BCUT2D eigenvalue weighted by Gasteiger charge is -2.16. The number of carbonyl (C=O) groups excluding carboxylic acids is 1. The van der Waals surface area contributed by atoms with E-state index in [1.165, 1.54) is 24.3 Å². The Morgan fingerprint density at radius 1 is 0.806 bits per heavy atom. The molecule has 0 fully saturated rings. The maximum Gasteiger partial charge on any atom is 0.417 e. The largest absolute Gasteiger partial charge is 0.417 e. The number of carbonyl (C=O) groups is 1. The number of halogens is 6. The average molecular weight is 437 g/mol. The quantitative estimate of drug-likeness (QED) is 0.429. The summed E-state index contributed by atoms with van der Waals surface area (Å²) in [6.07, 6.45) is -9.60. The third kappa shape index (κ3) is 4.90. The number of nitrogens with one attached hydrogen (secondary N) is 1. The van der Waals surface area contributed by atoms with Crippen molar-refractivity contribution in [2.24, 2.45) is 0 Å². The summed E-state index contributed by atoms with van der Waals surface area (Å²) in [6.45, 7) is 3.65. The Bertz CT molecular complexity index is 1110. The zero-order valence-corrected chi connectivity index (χ0v) is 16.4. The fraction of sp³-hybridized carbons (Fsp3) is 0.174. The molecule has 162 valence electrons. The first kappa shape index (κ1) is 22.4. The first-order valence-corrected chi connectivity index (χ1v) is 9.14. The lowest BCUT2D eigenvalue weighted by molar-refractivity contribution is -0.141. The minimum Gasteiger partial charge on any atom is -0.322 e. The maximum atomic E-state index is 13.3. The Morgan fingerprint density at radius 2 is 1.45 bits per heavy atom. The molecule has 0 unspecified atom stereocenters. The molecule has 0 radical (unpaired) electrons. The zero-order valence-electron chi connectivity index (χ0n) is 16.4. The fourth-order valence-electron chi connectivity index (χ4n) is 3.14. The second kappa shape index (κ2) is 8.09. The molecule has 8 heteroatoms. The van der Waals surface area contributed by atoms with E-state index in [1.54, 1.807) is 19.1 Å². The standard InChI is InChI=1S/C23H17F6NO/c1-13-4-3-5-18(14(13)2)21(31)30-17-9-6-15(7-10-17)19-12-16(22(24,25)26)8-11-20(19)23(27,28)29/h3-12H,1-2H3,(H,30,31). The molecule has 0 aliphatic rings. The van der Waals surface area contributed by atoms with Crippen molar-refractivity contribution in [2.75, 3.05) is 5.32 Å². The van der Waals surface area contributed by atoms with Crippen molar-refractivity contribution in [3.63, 3.8) is 0 Å². The monoisotopic (exact) mass is 437 g/mol. The second-order valence-corrected chi connectivity index (χ2v) is 7.03. The van der Waals surface area contributed by atoms with Crippen LogP contribution in [0, 0.1) is 13.8 Å². The molecule has 0 heterocycles. The molecule has 0 atom stereocenters. The molecule has 0 bridgehead atoms. The van der Waals surface area contributed by atoms with Gasteiger partial charge in [0.1, 0.15) is 0 Å².